The van der Waals surface area contributed by atoms with Crippen LogP contribution in [0.2, 0.25) is 0 Å². The molecule has 2 aliphatic rings. The van der Waals surface area contributed by atoms with Gasteiger partial charge in [-0.1, -0.05) is 17.7 Å². The number of hydrogen-bond donors (Lipinski definition) is 1. The second kappa shape index (κ2) is 6.47. The number of fused-ring (bicyclic) bond motifs is 2. The topological polar surface area (TPSA) is 59.3 Å². The summed E-state index contributed by atoms with van der Waals surface area (Å²) >= 11 is 0. The summed E-state index contributed by atoms with van der Waals surface area (Å²) in [6, 6.07) is 8.31. The van der Waals surface area contributed by atoms with E-state index in [0.29, 0.717) is 0 Å². The minimum absolute atomic E-state index is 0.148. The van der Waals surface area contributed by atoms with Crippen molar-refractivity contribution in [1.29, 1.82) is 0 Å². The first kappa shape index (κ1) is 16.1. The molecule has 1 unspecified atom stereocenters. The number of rotatable bonds is 2. The molecular weight excluding hydrogens is 312 g/mol. The molecule has 5 heteroatoms. The number of nitrogens with one attached hydrogen (secondary N) is 1. The SMILES string of the molecule is Cc1ccc(N/N=C2/CCC(C)n3c2nc2c(c3=O)CCCC2)cc1. The highest BCUT2D eigenvalue weighted by molar-refractivity contribution is 5.98. The van der Waals surface area contributed by atoms with Crippen molar-refractivity contribution in [3.05, 3.63) is 57.3 Å². The molecule has 130 valence electrons. The Balaban J connectivity index is 1.74. The Morgan fingerprint density at radius 1 is 1.16 bits per heavy atom. The quantitative estimate of drug-likeness (QED) is 0.853. The fourth-order valence-electron chi connectivity index (χ4n) is 3.73. The first-order valence-electron chi connectivity index (χ1n) is 9.17. The first-order valence-corrected chi connectivity index (χ1v) is 9.17. The second-order valence-corrected chi connectivity index (χ2v) is 7.17. The number of benzene rings is 1. The molecule has 0 bridgehead atoms. The maximum absolute atomic E-state index is 13.0. The van der Waals surface area contributed by atoms with Gasteiger partial charge in [0.05, 0.1) is 11.4 Å². The van der Waals surface area contributed by atoms with Gasteiger partial charge in [-0.05, 0) is 64.5 Å². The van der Waals surface area contributed by atoms with Crippen LogP contribution in [0.4, 0.5) is 5.69 Å². The monoisotopic (exact) mass is 336 g/mol. The van der Waals surface area contributed by atoms with E-state index in [1.54, 1.807) is 0 Å². The summed E-state index contributed by atoms with van der Waals surface area (Å²) < 4.78 is 1.86. The summed E-state index contributed by atoms with van der Waals surface area (Å²) in [5.41, 5.74) is 8.23. The molecule has 0 fully saturated rings. The van der Waals surface area contributed by atoms with Gasteiger partial charge in [0, 0.05) is 11.6 Å². The molecule has 1 aromatic heterocycles. The van der Waals surface area contributed by atoms with Crippen LogP contribution in [0.5, 0.6) is 0 Å². The third kappa shape index (κ3) is 2.99. The number of aromatic nitrogens is 2. The van der Waals surface area contributed by atoms with Crippen LogP contribution in [0.3, 0.4) is 0 Å². The fourth-order valence-corrected chi connectivity index (χ4v) is 3.73. The lowest BCUT2D eigenvalue weighted by atomic mass is 9.95. The molecule has 1 aromatic carbocycles. The van der Waals surface area contributed by atoms with Gasteiger partial charge in [0.1, 0.15) is 5.71 Å². The van der Waals surface area contributed by atoms with Crippen molar-refractivity contribution >= 4 is 11.4 Å². The normalized spacial score (nSPS) is 20.9. The Morgan fingerprint density at radius 2 is 1.92 bits per heavy atom. The molecule has 1 aliphatic heterocycles. The summed E-state index contributed by atoms with van der Waals surface area (Å²) in [5, 5.41) is 4.59. The molecule has 1 N–H and O–H groups in total. The van der Waals surface area contributed by atoms with Crippen LogP contribution in [0.1, 0.15) is 61.3 Å². The molecule has 0 radical (unpaired) electrons. The van der Waals surface area contributed by atoms with E-state index in [1.807, 2.05) is 16.7 Å². The highest BCUT2D eigenvalue weighted by Crippen LogP contribution is 2.25. The maximum Gasteiger partial charge on any atom is 0.257 e. The number of nitrogens with zero attached hydrogens (tertiary/aromatic N) is 3. The lowest BCUT2D eigenvalue weighted by molar-refractivity contribution is 0.460. The average Bonchev–Trinajstić information content (AvgIpc) is 2.63. The molecule has 0 amide bonds. The van der Waals surface area contributed by atoms with E-state index in [-0.39, 0.29) is 11.6 Å². The Labute approximate surface area is 147 Å². The lowest BCUT2D eigenvalue weighted by Gasteiger charge is -2.28. The molecule has 25 heavy (non-hydrogen) atoms. The summed E-state index contributed by atoms with van der Waals surface area (Å²) in [6.45, 7) is 4.17. The first-order chi connectivity index (χ1) is 12.1. The smallest absolute Gasteiger partial charge is 0.257 e. The van der Waals surface area contributed by atoms with Gasteiger partial charge in [0.2, 0.25) is 0 Å². The van der Waals surface area contributed by atoms with Crippen molar-refractivity contribution in [2.24, 2.45) is 5.10 Å². The zero-order valence-electron chi connectivity index (χ0n) is 14.9. The van der Waals surface area contributed by atoms with E-state index in [4.69, 9.17) is 4.98 Å². The standard InChI is InChI=1S/C20H24N4O/c1-13-7-10-15(11-8-13)22-23-18-12-9-14(2)24-19(18)21-17-6-4-3-5-16(17)20(24)25/h7-8,10-11,14,22H,3-6,9,12H2,1-2H3/b23-18-. The molecular formula is C20H24N4O. The minimum Gasteiger partial charge on any atom is -0.288 e. The van der Waals surface area contributed by atoms with Gasteiger partial charge in [0.25, 0.3) is 5.56 Å². The van der Waals surface area contributed by atoms with E-state index in [2.05, 4.69) is 36.5 Å². The fraction of sp³-hybridized carbons (Fsp3) is 0.450. The molecule has 1 aliphatic carbocycles. The molecule has 4 rings (SSSR count). The molecule has 2 heterocycles. The molecule has 5 nitrogen and oxygen atoms in total. The van der Waals surface area contributed by atoms with Crippen molar-refractivity contribution in [1.82, 2.24) is 9.55 Å². The van der Waals surface area contributed by atoms with Crippen LogP contribution in [0, 0.1) is 6.92 Å². The van der Waals surface area contributed by atoms with Crippen molar-refractivity contribution < 1.29 is 0 Å². The molecule has 1 atom stereocenters. The van der Waals surface area contributed by atoms with Crippen LogP contribution in [-0.2, 0) is 12.8 Å². The zero-order valence-corrected chi connectivity index (χ0v) is 14.9. The van der Waals surface area contributed by atoms with Crippen LogP contribution >= 0.6 is 0 Å². The Kier molecular flexibility index (Phi) is 4.15. The van der Waals surface area contributed by atoms with Crippen LogP contribution in [0.15, 0.2) is 34.2 Å². The third-order valence-corrected chi connectivity index (χ3v) is 5.25. The maximum atomic E-state index is 13.0. The van der Waals surface area contributed by atoms with Gasteiger partial charge >= 0.3 is 0 Å². The molecule has 0 spiro atoms. The minimum atomic E-state index is 0.148. The van der Waals surface area contributed by atoms with Crippen molar-refractivity contribution in [2.45, 2.75) is 58.4 Å². The highest BCUT2D eigenvalue weighted by atomic mass is 16.1. The largest absolute Gasteiger partial charge is 0.288 e. The number of aryl methyl sites for hydroxylation is 2. The third-order valence-electron chi connectivity index (χ3n) is 5.25. The van der Waals surface area contributed by atoms with E-state index in [9.17, 15) is 4.79 Å². The van der Waals surface area contributed by atoms with E-state index in [1.165, 1.54) is 5.56 Å². The van der Waals surface area contributed by atoms with Crippen molar-refractivity contribution in [3.63, 3.8) is 0 Å². The van der Waals surface area contributed by atoms with Crippen LogP contribution in [-0.4, -0.2) is 15.3 Å². The number of anilines is 1. The average molecular weight is 336 g/mol. The molecule has 0 saturated heterocycles. The summed E-state index contributed by atoms with van der Waals surface area (Å²) in [6.07, 6.45) is 5.74. The lowest BCUT2D eigenvalue weighted by Crippen LogP contribution is -2.38. The Morgan fingerprint density at radius 3 is 2.72 bits per heavy atom. The van der Waals surface area contributed by atoms with Gasteiger partial charge in [-0.25, -0.2) is 4.98 Å². The molecule has 2 aromatic rings. The van der Waals surface area contributed by atoms with E-state index in [0.717, 1.165) is 67.0 Å². The van der Waals surface area contributed by atoms with Gasteiger partial charge in [-0.3, -0.25) is 14.8 Å². The predicted octanol–water partition coefficient (Wildman–Crippen LogP) is 3.60. The van der Waals surface area contributed by atoms with E-state index < -0.39 is 0 Å². The van der Waals surface area contributed by atoms with Gasteiger partial charge in [0.15, 0.2) is 5.82 Å². The van der Waals surface area contributed by atoms with Gasteiger partial charge in [-0.15, -0.1) is 0 Å². The van der Waals surface area contributed by atoms with E-state index >= 15 is 0 Å². The number of hydrogen-bond acceptors (Lipinski definition) is 4. The summed E-state index contributed by atoms with van der Waals surface area (Å²) in [5.74, 6) is 0.754. The van der Waals surface area contributed by atoms with Crippen LogP contribution < -0.4 is 11.0 Å². The van der Waals surface area contributed by atoms with Crippen molar-refractivity contribution in [3.8, 4) is 0 Å². The van der Waals surface area contributed by atoms with Gasteiger partial charge in [-0.2, -0.15) is 5.10 Å². The Bertz CT molecular complexity index is 880. The summed E-state index contributed by atoms with van der Waals surface area (Å²) in [4.78, 5) is 17.8. The Hall–Kier alpha value is -2.43. The zero-order chi connectivity index (χ0) is 17.4. The second-order valence-electron chi connectivity index (χ2n) is 7.17. The highest BCUT2D eigenvalue weighted by Gasteiger charge is 2.27. The molecule has 0 saturated carbocycles. The van der Waals surface area contributed by atoms with Gasteiger partial charge < -0.3 is 0 Å². The summed E-state index contributed by atoms with van der Waals surface area (Å²) in [7, 11) is 0. The number of hydrazone groups is 1. The van der Waals surface area contributed by atoms with Crippen molar-refractivity contribution in [2.75, 3.05) is 5.43 Å². The predicted molar refractivity (Wildman–Crippen MR) is 100 cm³/mol. The van der Waals surface area contributed by atoms with Crippen LogP contribution in [0.25, 0.3) is 0 Å².